The minimum absolute atomic E-state index is 0.0990. The van der Waals surface area contributed by atoms with Gasteiger partial charge in [-0.15, -0.1) is 0 Å². The summed E-state index contributed by atoms with van der Waals surface area (Å²) in [6.07, 6.45) is -3.15. The topological polar surface area (TPSA) is 106 Å². The number of benzene rings is 1. The van der Waals surface area contributed by atoms with Crippen molar-refractivity contribution in [2.24, 2.45) is 5.73 Å². The van der Waals surface area contributed by atoms with Gasteiger partial charge in [0.25, 0.3) is 0 Å². The van der Waals surface area contributed by atoms with E-state index in [2.05, 4.69) is 15.0 Å². The van der Waals surface area contributed by atoms with Crippen LogP contribution in [-0.2, 0) is 22.6 Å². The van der Waals surface area contributed by atoms with Crippen LogP contribution >= 0.6 is 0 Å². The Bertz CT molecular complexity index is 1250. The average Bonchev–Trinajstić information content (AvgIpc) is 3.34. The molecule has 0 spiro atoms. The Labute approximate surface area is 196 Å². The number of aromatic nitrogens is 3. The number of carboxylic acids is 1. The predicted molar refractivity (Wildman–Crippen MR) is 112 cm³/mol. The number of carboxylic acid groups (broad SMARTS) is 1. The zero-order valence-electron chi connectivity index (χ0n) is 18.5. The number of fused-ring (bicyclic) bond motifs is 3. The molecule has 2 aliphatic rings. The van der Waals surface area contributed by atoms with Crippen molar-refractivity contribution in [2.75, 3.05) is 6.61 Å². The second-order valence-electron chi connectivity index (χ2n) is 8.44. The van der Waals surface area contributed by atoms with E-state index >= 15 is 0 Å². The molecule has 0 aliphatic carbocycles. The molecule has 0 unspecified atom stereocenters. The number of carbonyl (C=O) groups is 1. The molecule has 1 saturated heterocycles. The lowest BCUT2D eigenvalue weighted by Crippen LogP contribution is -2.47. The minimum Gasteiger partial charge on any atom is -0.475 e. The summed E-state index contributed by atoms with van der Waals surface area (Å²) in [4.78, 5) is 15.8. The van der Waals surface area contributed by atoms with Crippen LogP contribution in [0, 0.1) is 18.6 Å². The van der Waals surface area contributed by atoms with Gasteiger partial charge in [0.2, 0.25) is 0 Å². The summed E-state index contributed by atoms with van der Waals surface area (Å²) in [6, 6.07) is 5.02. The first-order valence-corrected chi connectivity index (χ1v) is 10.6. The van der Waals surface area contributed by atoms with Gasteiger partial charge in [-0.2, -0.15) is 18.3 Å². The van der Waals surface area contributed by atoms with E-state index in [0.29, 0.717) is 19.6 Å². The zero-order valence-corrected chi connectivity index (χ0v) is 18.5. The fraction of sp³-hybridized carbons (Fsp3) is 0.409. The van der Waals surface area contributed by atoms with Crippen molar-refractivity contribution in [1.29, 1.82) is 0 Å². The Kier molecular flexibility index (Phi) is 6.75. The molecule has 8 nitrogen and oxygen atoms in total. The Morgan fingerprint density at radius 1 is 1.23 bits per heavy atom. The van der Waals surface area contributed by atoms with Crippen LogP contribution in [0.3, 0.4) is 0 Å². The molecular formula is C22H22F5N5O3. The van der Waals surface area contributed by atoms with Gasteiger partial charge in [0.05, 0.1) is 12.3 Å². The van der Waals surface area contributed by atoms with Gasteiger partial charge in [-0.25, -0.2) is 23.1 Å². The molecule has 3 atom stereocenters. The Morgan fingerprint density at radius 3 is 2.60 bits per heavy atom. The molecule has 1 aromatic carbocycles. The third-order valence-corrected chi connectivity index (χ3v) is 5.94. The van der Waals surface area contributed by atoms with Crippen LogP contribution in [0.25, 0.3) is 5.65 Å². The molecule has 3 aromatic rings. The first-order chi connectivity index (χ1) is 16.4. The summed E-state index contributed by atoms with van der Waals surface area (Å²) in [5.41, 5.74) is 10.5. The van der Waals surface area contributed by atoms with E-state index in [4.69, 9.17) is 20.4 Å². The van der Waals surface area contributed by atoms with Gasteiger partial charge in [-0.05, 0) is 37.6 Å². The van der Waals surface area contributed by atoms with Crippen molar-refractivity contribution in [2.45, 2.75) is 50.8 Å². The molecule has 5 rings (SSSR count). The lowest BCUT2D eigenvalue weighted by atomic mass is 9.93. The molecule has 0 bridgehead atoms. The van der Waals surface area contributed by atoms with Crippen LogP contribution in [0.5, 0.6) is 0 Å². The number of hydrogen-bond acceptors (Lipinski definition) is 6. The van der Waals surface area contributed by atoms with Crippen molar-refractivity contribution in [1.82, 2.24) is 19.5 Å². The molecule has 35 heavy (non-hydrogen) atoms. The largest absolute Gasteiger partial charge is 0.490 e. The Hall–Kier alpha value is -3.16. The van der Waals surface area contributed by atoms with E-state index in [9.17, 15) is 22.0 Å². The van der Waals surface area contributed by atoms with E-state index in [-0.39, 0.29) is 11.6 Å². The Morgan fingerprint density at radius 2 is 1.94 bits per heavy atom. The van der Waals surface area contributed by atoms with Crippen molar-refractivity contribution < 1.29 is 36.6 Å². The highest BCUT2D eigenvalue weighted by molar-refractivity contribution is 5.73. The first-order valence-electron chi connectivity index (χ1n) is 10.6. The monoisotopic (exact) mass is 499 g/mol. The second kappa shape index (κ2) is 9.47. The van der Waals surface area contributed by atoms with Gasteiger partial charge in [-0.3, -0.25) is 4.90 Å². The number of aliphatic carboxylic acids is 1. The molecular weight excluding hydrogens is 477 g/mol. The van der Waals surface area contributed by atoms with Gasteiger partial charge < -0.3 is 15.6 Å². The fourth-order valence-corrected chi connectivity index (χ4v) is 4.26. The maximum Gasteiger partial charge on any atom is 0.490 e. The van der Waals surface area contributed by atoms with Gasteiger partial charge >= 0.3 is 12.1 Å². The van der Waals surface area contributed by atoms with Gasteiger partial charge in [0, 0.05) is 48.2 Å². The molecule has 3 N–H and O–H groups in total. The summed E-state index contributed by atoms with van der Waals surface area (Å²) in [5, 5.41) is 11.8. The van der Waals surface area contributed by atoms with Crippen LogP contribution < -0.4 is 5.73 Å². The number of aryl methyl sites for hydroxylation is 1. The number of nitrogens with zero attached hydrogens (tertiary/aromatic N) is 4. The molecule has 4 heterocycles. The van der Waals surface area contributed by atoms with E-state index in [1.165, 1.54) is 6.07 Å². The van der Waals surface area contributed by atoms with E-state index < -0.39 is 35.9 Å². The summed E-state index contributed by atoms with van der Waals surface area (Å²) in [5.74, 6) is -3.74. The minimum atomic E-state index is -5.08. The smallest absolute Gasteiger partial charge is 0.475 e. The Balaban J connectivity index is 0.000000364. The number of ether oxygens (including phenoxy) is 1. The third kappa shape index (κ3) is 5.26. The van der Waals surface area contributed by atoms with Crippen molar-refractivity contribution in [3.63, 3.8) is 0 Å². The van der Waals surface area contributed by atoms with E-state index in [1.54, 1.807) is 0 Å². The SMILES string of the molecule is Cc1ccn2nc3c(c2n1)CN([C@H]1CO[C@H](c2cc(F)ccc2F)[C@@H](N)C1)C3.O=C(O)C(F)(F)F. The first kappa shape index (κ1) is 24.9. The van der Waals surface area contributed by atoms with Crippen LogP contribution in [0.4, 0.5) is 22.0 Å². The van der Waals surface area contributed by atoms with Crippen LogP contribution in [0.15, 0.2) is 30.5 Å². The van der Waals surface area contributed by atoms with Crippen molar-refractivity contribution in [3.8, 4) is 0 Å². The normalized spacial score (nSPS) is 22.5. The quantitative estimate of drug-likeness (QED) is 0.522. The molecule has 0 radical (unpaired) electrons. The number of rotatable bonds is 2. The highest BCUT2D eigenvalue weighted by Crippen LogP contribution is 2.34. The average molecular weight is 499 g/mol. The molecule has 1 fully saturated rings. The highest BCUT2D eigenvalue weighted by Gasteiger charge is 2.39. The lowest BCUT2D eigenvalue weighted by Gasteiger charge is -2.38. The summed E-state index contributed by atoms with van der Waals surface area (Å²) in [7, 11) is 0. The van der Waals surface area contributed by atoms with Crippen molar-refractivity contribution >= 4 is 11.6 Å². The molecule has 0 saturated carbocycles. The van der Waals surface area contributed by atoms with Gasteiger partial charge in [-0.1, -0.05) is 0 Å². The summed E-state index contributed by atoms with van der Waals surface area (Å²) >= 11 is 0. The molecule has 0 amide bonds. The summed E-state index contributed by atoms with van der Waals surface area (Å²) < 4.78 is 67.1. The lowest BCUT2D eigenvalue weighted by molar-refractivity contribution is -0.192. The number of alkyl halides is 3. The summed E-state index contributed by atoms with van der Waals surface area (Å²) in [6.45, 7) is 3.81. The van der Waals surface area contributed by atoms with Gasteiger partial charge in [0.15, 0.2) is 5.65 Å². The number of halogens is 5. The molecule has 188 valence electrons. The van der Waals surface area contributed by atoms with E-state index in [1.807, 2.05) is 23.7 Å². The fourth-order valence-electron chi connectivity index (χ4n) is 4.26. The number of hydrogen-bond donors (Lipinski definition) is 2. The number of nitrogens with two attached hydrogens (primary N) is 1. The molecule has 2 aromatic heterocycles. The maximum absolute atomic E-state index is 14.1. The van der Waals surface area contributed by atoms with E-state index in [0.717, 1.165) is 41.3 Å². The molecule has 2 aliphatic heterocycles. The van der Waals surface area contributed by atoms with Crippen LogP contribution in [0.2, 0.25) is 0 Å². The van der Waals surface area contributed by atoms with Gasteiger partial charge in [0.1, 0.15) is 17.7 Å². The molecule has 13 heteroatoms. The van der Waals surface area contributed by atoms with Crippen LogP contribution in [0.1, 0.15) is 35.0 Å². The van der Waals surface area contributed by atoms with Crippen molar-refractivity contribution in [3.05, 3.63) is 64.6 Å². The maximum atomic E-state index is 14.1. The second-order valence-corrected chi connectivity index (χ2v) is 8.44. The predicted octanol–water partition coefficient (Wildman–Crippen LogP) is 3.12. The standard InChI is InChI=1S/C20H21F2N5O.C2HF3O2/c1-11-4-5-27-20(24-11)15-8-26(9-18(15)25-27)13-7-17(23)19(28-10-13)14-6-12(21)2-3-16(14)22;3-2(4,5)1(6)7/h2-6,13,17,19H,7-10,23H2,1H3;(H,6,7)/t13-,17+,19-;/m1./s1. The highest BCUT2D eigenvalue weighted by atomic mass is 19.4. The third-order valence-electron chi connectivity index (χ3n) is 5.94. The zero-order chi connectivity index (χ0) is 25.5. The van der Waals surface area contributed by atoms with Crippen LogP contribution in [-0.4, -0.2) is 55.4 Å².